The zero-order chi connectivity index (χ0) is 10.8. The van der Waals surface area contributed by atoms with Gasteiger partial charge < -0.3 is 5.32 Å². The first-order valence-electron chi connectivity index (χ1n) is 5.16. The van der Waals surface area contributed by atoms with Gasteiger partial charge in [0.05, 0.1) is 11.6 Å². The summed E-state index contributed by atoms with van der Waals surface area (Å²) in [7, 11) is 0. The van der Waals surface area contributed by atoms with Crippen LogP contribution in [0.2, 0.25) is 0 Å². The molecule has 2 rings (SSSR count). The van der Waals surface area contributed by atoms with E-state index >= 15 is 0 Å². The van der Waals surface area contributed by atoms with Gasteiger partial charge >= 0.3 is 0 Å². The summed E-state index contributed by atoms with van der Waals surface area (Å²) in [6.45, 7) is 3.93. The van der Waals surface area contributed by atoms with Gasteiger partial charge in [-0.2, -0.15) is 0 Å². The maximum Gasteiger partial charge on any atom is 0.225 e. The third kappa shape index (κ3) is 1.99. The number of nitrogens with one attached hydrogen (secondary N) is 2. The van der Waals surface area contributed by atoms with Crippen LogP contribution in [0.25, 0.3) is 0 Å². The summed E-state index contributed by atoms with van der Waals surface area (Å²) in [5, 5.41) is 6.22. The molecular formula is C11H15N3O. The monoisotopic (exact) mass is 205 g/mol. The van der Waals surface area contributed by atoms with E-state index in [0.29, 0.717) is 0 Å². The van der Waals surface area contributed by atoms with Gasteiger partial charge in [-0.15, -0.1) is 0 Å². The highest BCUT2D eigenvalue weighted by Gasteiger charge is 2.30. The van der Waals surface area contributed by atoms with Crippen molar-refractivity contribution in [2.45, 2.75) is 26.1 Å². The fourth-order valence-corrected chi connectivity index (χ4v) is 1.66. The van der Waals surface area contributed by atoms with Crippen LogP contribution in [-0.2, 0) is 4.79 Å². The molecule has 1 aliphatic heterocycles. The average molecular weight is 205 g/mol. The molecule has 4 heteroatoms. The highest BCUT2D eigenvalue weighted by atomic mass is 16.2. The lowest BCUT2D eigenvalue weighted by Crippen LogP contribution is -2.54. The fourth-order valence-electron chi connectivity index (χ4n) is 1.66. The third-order valence-electron chi connectivity index (χ3n) is 2.86. The van der Waals surface area contributed by atoms with Crippen molar-refractivity contribution in [2.75, 3.05) is 0 Å². The molecule has 1 fully saturated rings. The van der Waals surface area contributed by atoms with E-state index in [1.54, 1.807) is 6.20 Å². The van der Waals surface area contributed by atoms with Gasteiger partial charge in [0.1, 0.15) is 6.17 Å². The highest BCUT2D eigenvalue weighted by molar-refractivity contribution is 5.80. The van der Waals surface area contributed by atoms with Crippen LogP contribution in [0.4, 0.5) is 0 Å². The number of amides is 1. The molecule has 15 heavy (non-hydrogen) atoms. The van der Waals surface area contributed by atoms with Gasteiger partial charge in [-0.3, -0.25) is 15.1 Å². The van der Waals surface area contributed by atoms with Gasteiger partial charge in [0.15, 0.2) is 0 Å². The molecule has 1 aliphatic rings. The first-order chi connectivity index (χ1) is 7.18. The summed E-state index contributed by atoms with van der Waals surface area (Å²) in [5.74, 6) is 0.0851. The summed E-state index contributed by atoms with van der Waals surface area (Å²) in [6, 6.07) is 5.85. The number of aromatic nitrogens is 1. The summed E-state index contributed by atoms with van der Waals surface area (Å²) in [5.41, 5.74) is 0.851. The van der Waals surface area contributed by atoms with Gasteiger partial charge in [-0.25, -0.2) is 0 Å². The Kier molecular flexibility index (Phi) is 2.68. The van der Waals surface area contributed by atoms with Crippen molar-refractivity contribution in [2.24, 2.45) is 5.92 Å². The second-order valence-corrected chi connectivity index (χ2v) is 3.94. The molecule has 4 nitrogen and oxygen atoms in total. The van der Waals surface area contributed by atoms with E-state index in [1.165, 1.54) is 0 Å². The Hall–Kier alpha value is -1.42. The van der Waals surface area contributed by atoms with E-state index < -0.39 is 0 Å². The molecule has 2 heterocycles. The quantitative estimate of drug-likeness (QED) is 0.714. The lowest BCUT2D eigenvalue weighted by molar-refractivity contribution is -0.128. The normalized spacial score (nSPS) is 31.1. The molecule has 0 saturated carbocycles. The third-order valence-corrected chi connectivity index (χ3v) is 2.86. The Morgan fingerprint density at radius 2 is 2.13 bits per heavy atom. The van der Waals surface area contributed by atoms with Crippen molar-refractivity contribution < 1.29 is 4.79 Å². The van der Waals surface area contributed by atoms with Crippen LogP contribution < -0.4 is 10.6 Å². The minimum atomic E-state index is -0.162. The Labute approximate surface area is 89.1 Å². The zero-order valence-corrected chi connectivity index (χ0v) is 8.90. The van der Waals surface area contributed by atoms with Crippen LogP contribution >= 0.6 is 0 Å². The van der Waals surface area contributed by atoms with Gasteiger partial charge in [0.25, 0.3) is 0 Å². The lowest BCUT2D eigenvalue weighted by Gasteiger charge is -2.33. The second kappa shape index (κ2) is 3.98. The Morgan fingerprint density at radius 1 is 1.33 bits per heavy atom. The van der Waals surface area contributed by atoms with Crippen molar-refractivity contribution >= 4 is 5.91 Å². The number of rotatable bonds is 1. The molecule has 1 aromatic rings. The first-order valence-corrected chi connectivity index (χ1v) is 5.16. The largest absolute Gasteiger partial charge is 0.335 e. The van der Waals surface area contributed by atoms with Gasteiger partial charge in [0.2, 0.25) is 5.91 Å². The molecule has 0 spiro atoms. The van der Waals surface area contributed by atoms with E-state index in [1.807, 2.05) is 32.0 Å². The lowest BCUT2D eigenvalue weighted by atomic mass is 9.99. The molecule has 1 amide bonds. The molecule has 0 aromatic carbocycles. The minimum absolute atomic E-state index is 0.00459. The highest BCUT2D eigenvalue weighted by Crippen LogP contribution is 2.16. The first kappa shape index (κ1) is 10.1. The van der Waals surface area contributed by atoms with Gasteiger partial charge in [-0.1, -0.05) is 13.0 Å². The Morgan fingerprint density at radius 3 is 2.73 bits per heavy atom. The molecule has 3 unspecified atom stereocenters. The molecule has 1 aromatic heterocycles. The van der Waals surface area contributed by atoms with Crippen molar-refractivity contribution in [3.63, 3.8) is 0 Å². The number of hydrogen-bond acceptors (Lipinski definition) is 3. The van der Waals surface area contributed by atoms with Gasteiger partial charge in [-0.05, 0) is 19.1 Å². The summed E-state index contributed by atoms with van der Waals surface area (Å²) in [4.78, 5) is 15.8. The molecule has 80 valence electrons. The predicted octanol–water partition coefficient (Wildman–Crippen LogP) is 0.824. The van der Waals surface area contributed by atoms with E-state index in [-0.39, 0.29) is 24.0 Å². The Bertz CT molecular complexity index is 352. The maximum absolute atomic E-state index is 11.6. The molecular weight excluding hydrogens is 190 g/mol. The van der Waals surface area contributed by atoms with Crippen molar-refractivity contribution in [3.05, 3.63) is 30.1 Å². The molecule has 0 radical (unpaired) electrons. The fraction of sp³-hybridized carbons (Fsp3) is 0.455. The van der Waals surface area contributed by atoms with Crippen LogP contribution in [0, 0.1) is 5.92 Å². The molecule has 0 aliphatic carbocycles. The van der Waals surface area contributed by atoms with E-state index in [4.69, 9.17) is 0 Å². The summed E-state index contributed by atoms with van der Waals surface area (Å²) >= 11 is 0. The smallest absolute Gasteiger partial charge is 0.225 e. The van der Waals surface area contributed by atoms with Crippen LogP contribution in [-0.4, -0.2) is 16.9 Å². The van der Waals surface area contributed by atoms with Gasteiger partial charge in [0, 0.05) is 12.2 Å². The summed E-state index contributed by atoms with van der Waals surface area (Å²) in [6.07, 6.45) is 1.57. The van der Waals surface area contributed by atoms with Crippen LogP contribution in [0.5, 0.6) is 0 Å². The molecule has 0 bridgehead atoms. The molecule has 2 N–H and O–H groups in total. The van der Waals surface area contributed by atoms with E-state index in [9.17, 15) is 4.79 Å². The topological polar surface area (TPSA) is 54.0 Å². The number of nitrogens with zero attached hydrogens (tertiary/aromatic N) is 1. The van der Waals surface area contributed by atoms with Crippen LogP contribution in [0.15, 0.2) is 24.4 Å². The van der Waals surface area contributed by atoms with Crippen molar-refractivity contribution in [3.8, 4) is 0 Å². The van der Waals surface area contributed by atoms with Crippen LogP contribution in [0.1, 0.15) is 25.7 Å². The molecule has 1 saturated heterocycles. The SMILES string of the molecule is CC1NC(c2ccccn2)NC(=O)C1C. The minimum Gasteiger partial charge on any atom is -0.335 e. The van der Waals surface area contributed by atoms with E-state index in [2.05, 4.69) is 15.6 Å². The average Bonchev–Trinajstić information content (AvgIpc) is 2.26. The van der Waals surface area contributed by atoms with Crippen molar-refractivity contribution in [1.29, 1.82) is 0 Å². The maximum atomic E-state index is 11.6. The number of carbonyl (C=O) groups is 1. The molecule has 3 atom stereocenters. The second-order valence-electron chi connectivity index (χ2n) is 3.94. The predicted molar refractivity (Wildman–Crippen MR) is 56.9 cm³/mol. The standard InChI is InChI=1S/C11H15N3O/c1-7-8(2)13-10(14-11(7)15)9-5-3-4-6-12-9/h3-8,10,13H,1-2H3,(H,14,15). The number of pyridine rings is 1. The van der Waals surface area contributed by atoms with E-state index in [0.717, 1.165) is 5.69 Å². The summed E-state index contributed by atoms with van der Waals surface area (Å²) < 4.78 is 0. The number of carbonyl (C=O) groups excluding carboxylic acids is 1. The zero-order valence-electron chi connectivity index (χ0n) is 8.90. The number of hydrogen-bond donors (Lipinski definition) is 2. The Balaban J connectivity index is 2.16. The van der Waals surface area contributed by atoms with Crippen LogP contribution in [0.3, 0.4) is 0 Å². The van der Waals surface area contributed by atoms with Crippen molar-refractivity contribution in [1.82, 2.24) is 15.6 Å².